The summed E-state index contributed by atoms with van der Waals surface area (Å²) in [6.45, 7) is 2.27. The van der Waals surface area contributed by atoms with Crippen molar-refractivity contribution in [2.45, 2.75) is 18.8 Å². The minimum Gasteiger partial charge on any atom is -0.486 e. The molecule has 1 aliphatic rings. The van der Waals surface area contributed by atoms with Gasteiger partial charge in [0.2, 0.25) is 0 Å². The van der Waals surface area contributed by atoms with Gasteiger partial charge in [-0.2, -0.15) is 0 Å². The average molecular weight is 269 g/mol. The Bertz CT molecular complexity index is 529. The summed E-state index contributed by atoms with van der Waals surface area (Å²) in [5.74, 6) is 0.818. The van der Waals surface area contributed by atoms with Crippen LogP contribution in [0.1, 0.15) is 5.56 Å². The maximum Gasteiger partial charge on any atom is 0.138 e. The molecule has 1 N–H and O–H groups in total. The topological polar surface area (TPSA) is 32.7 Å². The second-order valence-electron chi connectivity index (χ2n) is 5.22. The molecule has 2 aromatic rings. The van der Waals surface area contributed by atoms with E-state index >= 15 is 0 Å². The van der Waals surface area contributed by atoms with Gasteiger partial charge in [0.15, 0.2) is 0 Å². The van der Waals surface area contributed by atoms with Crippen molar-refractivity contribution in [3.63, 3.8) is 0 Å². The smallest absolute Gasteiger partial charge is 0.138 e. The first-order valence-electron chi connectivity index (χ1n) is 6.97. The zero-order chi connectivity index (χ0) is 13.8. The van der Waals surface area contributed by atoms with Gasteiger partial charge >= 0.3 is 0 Å². The summed E-state index contributed by atoms with van der Waals surface area (Å²) in [5, 5.41) is 10.1. The zero-order valence-electron chi connectivity index (χ0n) is 11.4. The Morgan fingerprint density at radius 3 is 2.30 bits per heavy atom. The molecule has 1 fully saturated rings. The van der Waals surface area contributed by atoms with Gasteiger partial charge in [-0.25, -0.2) is 0 Å². The quantitative estimate of drug-likeness (QED) is 0.924. The summed E-state index contributed by atoms with van der Waals surface area (Å²) >= 11 is 0. The molecule has 3 heteroatoms. The van der Waals surface area contributed by atoms with Crippen LogP contribution in [0.3, 0.4) is 0 Å². The maximum absolute atomic E-state index is 10.1. The molecule has 0 bridgehead atoms. The van der Waals surface area contributed by atoms with Crippen molar-refractivity contribution in [3.05, 3.63) is 66.2 Å². The summed E-state index contributed by atoms with van der Waals surface area (Å²) in [6, 6.07) is 20.0. The second-order valence-corrected chi connectivity index (χ2v) is 5.22. The normalized spacial score (nSPS) is 22.9. The molecule has 0 spiro atoms. The standard InChI is InChI=1S/C17H19NO2/c19-16-12-18(11-14-7-3-1-4-8-14)13-17(16)20-15-9-5-2-6-10-15/h1-10,16-17,19H,11-13H2/t16-,17-/m1/s1. The molecule has 0 radical (unpaired) electrons. The van der Waals surface area contributed by atoms with Crippen LogP contribution in [0.15, 0.2) is 60.7 Å². The fourth-order valence-corrected chi connectivity index (χ4v) is 2.59. The second kappa shape index (κ2) is 6.07. The van der Waals surface area contributed by atoms with Crippen molar-refractivity contribution < 1.29 is 9.84 Å². The van der Waals surface area contributed by atoms with E-state index in [9.17, 15) is 5.11 Å². The Morgan fingerprint density at radius 2 is 1.60 bits per heavy atom. The Hall–Kier alpha value is -1.84. The third-order valence-electron chi connectivity index (χ3n) is 3.59. The Morgan fingerprint density at radius 1 is 0.950 bits per heavy atom. The van der Waals surface area contributed by atoms with Gasteiger partial charge in [-0.1, -0.05) is 48.5 Å². The van der Waals surface area contributed by atoms with Crippen LogP contribution < -0.4 is 4.74 Å². The first kappa shape index (κ1) is 13.2. The van der Waals surface area contributed by atoms with E-state index in [1.54, 1.807) is 0 Å². The first-order valence-corrected chi connectivity index (χ1v) is 6.97. The predicted molar refractivity (Wildman–Crippen MR) is 78.6 cm³/mol. The highest BCUT2D eigenvalue weighted by atomic mass is 16.5. The molecule has 2 aromatic carbocycles. The van der Waals surface area contributed by atoms with Crippen molar-refractivity contribution in [2.24, 2.45) is 0 Å². The van der Waals surface area contributed by atoms with Crippen LogP contribution in [-0.4, -0.2) is 35.3 Å². The molecule has 0 aliphatic carbocycles. The molecule has 1 aliphatic heterocycles. The highest BCUT2D eigenvalue weighted by Gasteiger charge is 2.32. The van der Waals surface area contributed by atoms with Gasteiger partial charge in [0.25, 0.3) is 0 Å². The number of rotatable bonds is 4. The molecule has 3 nitrogen and oxygen atoms in total. The van der Waals surface area contributed by atoms with E-state index < -0.39 is 6.10 Å². The molecule has 1 saturated heterocycles. The molecule has 0 unspecified atom stereocenters. The average Bonchev–Trinajstić information content (AvgIpc) is 2.81. The van der Waals surface area contributed by atoms with Crippen LogP contribution in [0.4, 0.5) is 0 Å². The molecule has 104 valence electrons. The Balaban J connectivity index is 1.59. The lowest BCUT2D eigenvalue weighted by Crippen LogP contribution is -2.29. The van der Waals surface area contributed by atoms with E-state index in [2.05, 4.69) is 17.0 Å². The summed E-state index contributed by atoms with van der Waals surface area (Å²) < 4.78 is 5.86. The lowest BCUT2D eigenvalue weighted by Gasteiger charge is -2.17. The summed E-state index contributed by atoms with van der Waals surface area (Å²) in [6.07, 6.45) is -0.583. The van der Waals surface area contributed by atoms with Gasteiger partial charge < -0.3 is 9.84 Å². The number of ether oxygens (including phenoxy) is 1. The van der Waals surface area contributed by atoms with Gasteiger partial charge in [-0.15, -0.1) is 0 Å². The minimum absolute atomic E-state index is 0.152. The summed E-state index contributed by atoms with van der Waals surface area (Å²) in [7, 11) is 0. The molecule has 0 aromatic heterocycles. The zero-order valence-corrected chi connectivity index (χ0v) is 11.4. The highest BCUT2D eigenvalue weighted by molar-refractivity contribution is 5.22. The lowest BCUT2D eigenvalue weighted by atomic mass is 10.2. The Labute approximate surface area is 119 Å². The fraction of sp³-hybridized carbons (Fsp3) is 0.294. The SMILES string of the molecule is O[C@@H]1CN(Cc2ccccc2)C[C@H]1Oc1ccccc1. The predicted octanol–water partition coefficient (Wildman–Crippen LogP) is 2.31. The van der Waals surface area contributed by atoms with Gasteiger partial charge in [0.05, 0.1) is 0 Å². The van der Waals surface area contributed by atoms with Gasteiger partial charge in [-0.3, -0.25) is 4.90 Å². The molecule has 2 atom stereocenters. The largest absolute Gasteiger partial charge is 0.486 e. The fourth-order valence-electron chi connectivity index (χ4n) is 2.59. The third-order valence-corrected chi connectivity index (χ3v) is 3.59. The van der Waals surface area contributed by atoms with E-state index in [4.69, 9.17) is 4.74 Å². The molecule has 0 saturated carbocycles. The minimum atomic E-state index is -0.432. The molecule has 0 amide bonds. The van der Waals surface area contributed by atoms with Crippen molar-refractivity contribution in [1.82, 2.24) is 4.90 Å². The molecular formula is C17H19NO2. The van der Waals surface area contributed by atoms with E-state index in [1.807, 2.05) is 48.5 Å². The number of para-hydroxylation sites is 1. The van der Waals surface area contributed by atoms with Gasteiger partial charge in [0, 0.05) is 19.6 Å². The van der Waals surface area contributed by atoms with Crippen LogP contribution in [0, 0.1) is 0 Å². The van der Waals surface area contributed by atoms with Crippen molar-refractivity contribution in [3.8, 4) is 5.75 Å². The van der Waals surface area contributed by atoms with Crippen LogP contribution in [0.5, 0.6) is 5.75 Å². The number of hydrogen-bond donors (Lipinski definition) is 1. The van der Waals surface area contributed by atoms with Gasteiger partial charge in [-0.05, 0) is 17.7 Å². The van der Waals surface area contributed by atoms with Crippen LogP contribution >= 0.6 is 0 Å². The number of aliphatic hydroxyl groups excluding tert-OH is 1. The van der Waals surface area contributed by atoms with E-state index in [0.717, 1.165) is 18.8 Å². The van der Waals surface area contributed by atoms with Crippen LogP contribution in [0.2, 0.25) is 0 Å². The van der Waals surface area contributed by atoms with E-state index in [0.29, 0.717) is 6.54 Å². The summed E-state index contributed by atoms with van der Waals surface area (Å²) in [5.41, 5.74) is 1.26. The van der Waals surface area contributed by atoms with Crippen LogP contribution in [0.25, 0.3) is 0 Å². The summed E-state index contributed by atoms with van der Waals surface area (Å²) in [4.78, 5) is 2.23. The number of likely N-dealkylation sites (tertiary alicyclic amines) is 1. The van der Waals surface area contributed by atoms with Crippen molar-refractivity contribution >= 4 is 0 Å². The third kappa shape index (κ3) is 3.18. The maximum atomic E-state index is 10.1. The lowest BCUT2D eigenvalue weighted by molar-refractivity contribution is 0.0737. The highest BCUT2D eigenvalue weighted by Crippen LogP contribution is 2.20. The van der Waals surface area contributed by atoms with E-state index in [-0.39, 0.29) is 6.10 Å². The van der Waals surface area contributed by atoms with Gasteiger partial charge in [0.1, 0.15) is 18.0 Å². The number of nitrogens with zero attached hydrogens (tertiary/aromatic N) is 1. The molecule has 3 rings (SSSR count). The number of benzene rings is 2. The van der Waals surface area contributed by atoms with Crippen molar-refractivity contribution in [1.29, 1.82) is 0 Å². The van der Waals surface area contributed by atoms with Crippen molar-refractivity contribution in [2.75, 3.05) is 13.1 Å². The number of β-amino-alcohol motifs (C(OH)–C–C–N with tert-alkyl or cyclic N) is 1. The number of aliphatic hydroxyl groups is 1. The van der Waals surface area contributed by atoms with E-state index in [1.165, 1.54) is 5.56 Å². The van der Waals surface area contributed by atoms with Crippen LogP contribution in [-0.2, 0) is 6.54 Å². The molecule has 1 heterocycles. The first-order chi connectivity index (χ1) is 9.81. The molecule has 20 heavy (non-hydrogen) atoms. The monoisotopic (exact) mass is 269 g/mol. The Kier molecular flexibility index (Phi) is 4.00. The molecular weight excluding hydrogens is 250 g/mol. The number of hydrogen-bond acceptors (Lipinski definition) is 3.